The van der Waals surface area contributed by atoms with E-state index in [9.17, 15) is 14.7 Å². The number of para-hydroxylation sites is 1. The maximum Gasteiger partial charge on any atom is 0.335 e. The Kier molecular flexibility index (Phi) is 4.00. The Morgan fingerprint density at radius 3 is 2.63 bits per heavy atom. The maximum absolute atomic E-state index is 12.3. The summed E-state index contributed by atoms with van der Waals surface area (Å²) in [6, 6.07) is 13.6. The van der Waals surface area contributed by atoms with E-state index in [1.165, 1.54) is 0 Å². The zero-order valence-electron chi connectivity index (χ0n) is 14.3. The van der Waals surface area contributed by atoms with Gasteiger partial charge in [-0.25, -0.2) is 9.36 Å². The van der Waals surface area contributed by atoms with Gasteiger partial charge >= 0.3 is 5.69 Å². The van der Waals surface area contributed by atoms with Crippen molar-refractivity contribution in [3.05, 3.63) is 74.9 Å². The van der Waals surface area contributed by atoms with Crippen molar-refractivity contribution in [1.82, 2.24) is 9.55 Å². The minimum Gasteiger partial charge on any atom is -0.493 e. The van der Waals surface area contributed by atoms with Crippen molar-refractivity contribution in [2.75, 3.05) is 6.79 Å². The van der Waals surface area contributed by atoms with Crippen LogP contribution in [0.4, 0.5) is 5.69 Å². The highest BCUT2D eigenvalue weighted by atomic mass is 16.7. The van der Waals surface area contributed by atoms with Crippen molar-refractivity contribution in [2.24, 2.45) is 4.99 Å². The summed E-state index contributed by atoms with van der Waals surface area (Å²) in [6.07, 6.45) is 0. The number of aromatic amines is 1. The van der Waals surface area contributed by atoms with Crippen LogP contribution in [0.2, 0.25) is 0 Å². The Morgan fingerprint density at radius 2 is 1.85 bits per heavy atom. The Labute approximate surface area is 153 Å². The van der Waals surface area contributed by atoms with Gasteiger partial charge in [0.05, 0.1) is 17.1 Å². The minimum atomic E-state index is -0.733. The van der Waals surface area contributed by atoms with Gasteiger partial charge < -0.3 is 14.6 Å². The first-order valence-electron chi connectivity index (χ1n) is 8.13. The molecule has 1 aliphatic rings. The van der Waals surface area contributed by atoms with E-state index in [0.717, 1.165) is 4.57 Å². The fourth-order valence-electron chi connectivity index (χ4n) is 2.87. The molecule has 0 amide bonds. The highest BCUT2D eigenvalue weighted by molar-refractivity contribution is 6.01. The van der Waals surface area contributed by atoms with Gasteiger partial charge in [0.2, 0.25) is 12.7 Å². The highest BCUT2D eigenvalue weighted by Crippen LogP contribution is 2.35. The van der Waals surface area contributed by atoms with E-state index < -0.39 is 17.1 Å². The summed E-state index contributed by atoms with van der Waals surface area (Å²) in [5.41, 5.74) is -0.343. The number of ether oxygens (including phenoxy) is 2. The largest absolute Gasteiger partial charge is 0.493 e. The summed E-state index contributed by atoms with van der Waals surface area (Å²) in [4.78, 5) is 31.1. The maximum atomic E-state index is 12.3. The Morgan fingerprint density at radius 1 is 1.11 bits per heavy atom. The molecular weight excluding hydrogens is 350 g/mol. The van der Waals surface area contributed by atoms with Crippen LogP contribution >= 0.6 is 0 Å². The van der Waals surface area contributed by atoms with Crippen molar-refractivity contribution in [1.29, 1.82) is 0 Å². The molecule has 0 radical (unpaired) electrons. The van der Waals surface area contributed by atoms with Crippen LogP contribution in [0.1, 0.15) is 12.5 Å². The summed E-state index contributed by atoms with van der Waals surface area (Å²) >= 11 is 0. The quantitative estimate of drug-likeness (QED) is 0.692. The fourth-order valence-corrected chi connectivity index (χ4v) is 2.87. The van der Waals surface area contributed by atoms with Gasteiger partial charge in [0, 0.05) is 6.07 Å². The first-order valence-corrected chi connectivity index (χ1v) is 8.13. The predicted octanol–water partition coefficient (Wildman–Crippen LogP) is 2.10. The van der Waals surface area contributed by atoms with E-state index in [4.69, 9.17) is 9.47 Å². The van der Waals surface area contributed by atoms with Gasteiger partial charge in [0.1, 0.15) is 5.56 Å². The molecule has 2 N–H and O–H groups in total. The molecule has 0 fully saturated rings. The standard InChI is InChI=1S/C19H15N3O5/c1-11(20-12-7-8-14-15(9-12)27-10-26-14)16-17(23)21-19(25)22(18(16)24)13-5-3-2-4-6-13/h2-9,24H,10H2,1H3,(H,21,23,25). The lowest BCUT2D eigenvalue weighted by Gasteiger charge is -2.11. The monoisotopic (exact) mass is 365 g/mol. The molecule has 8 nitrogen and oxygen atoms in total. The smallest absolute Gasteiger partial charge is 0.335 e. The van der Waals surface area contributed by atoms with Gasteiger partial charge in [0.25, 0.3) is 5.56 Å². The van der Waals surface area contributed by atoms with Gasteiger partial charge in [0.15, 0.2) is 11.5 Å². The summed E-state index contributed by atoms with van der Waals surface area (Å²) in [5, 5.41) is 10.6. The van der Waals surface area contributed by atoms with Gasteiger partial charge in [-0.1, -0.05) is 18.2 Å². The van der Waals surface area contributed by atoms with Crippen LogP contribution in [-0.4, -0.2) is 27.2 Å². The van der Waals surface area contributed by atoms with Crippen LogP contribution in [0.25, 0.3) is 5.69 Å². The Balaban J connectivity index is 1.84. The van der Waals surface area contributed by atoms with E-state index >= 15 is 0 Å². The molecule has 0 atom stereocenters. The van der Waals surface area contributed by atoms with E-state index in [0.29, 0.717) is 22.9 Å². The van der Waals surface area contributed by atoms with Crippen molar-refractivity contribution in [2.45, 2.75) is 6.92 Å². The normalized spacial score (nSPS) is 13.0. The van der Waals surface area contributed by atoms with Crippen LogP contribution in [0.15, 0.2) is 63.1 Å². The average Bonchev–Trinajstić information content (AvgIpc) is 3.10. The SMILES string of the molecule is CC(=Nc1ccc2c(c1)OCO2)c1c(O)n(-c2ccccc2)c(=O)[nH]c1=O. The second-order valence-electron chi connectivity index (χ2n) is 5.86. The van der Waals surface area contributed by atoms with Crippen molar-refractivity contribution >= 4 is 11.4 Å². The number of fused-ring (bicyclic) bond motifs is 1. The number of nitrogens with zero attached hydrogens (tertiary/aromatic N) is 2. The Hall–Kier alpha value is -3.81. The lowest BCUT2D eigenvalue weighted by Crippen LogP contribution is -2.32. The number of aromatic nitrogens is 2. The molecule has 1 aromatic heterocycles. The lowest BCUT2D eigenvalue weighted by atomic mass is 10.2. The van der Waals surface area contributed by atoms with Gasteiger partial charge in [-0.3, -0.25) is 14.8 Å². The molecule has 3 aromatic rings. The van der Waals surface area contributed by atoms with Gasteiger partial charge in [-0.15, -0.1) is 0 Å². The number of aromatic hydroxyl groups is 1. The number of hydrogen-bond acceptors (Lipinski definition) is 6. The van der Waals surface area contributed by atoms with E-state index in [1.54, 1.807) is 55.5 Å². The number of nitrogens with one attached hydrogen (secondary N) is 1. The molecule has 1 aliphatic heterocycles. The molecule has 136 valence electrons. The topological polar surface area (TPSA) is 106 Å². The molecule has 0 saturated heterocycles. The molecule has 2 aromatic carbocycles. The second kappa shape index (κ2) is 6.49. The van der Waals surface area contributed by atoms with Crippen LogP contribution in [0.5, 0.6) is 17.4 Å². The first-order chi connectivity index (χ1) is 13.0. The second-order valence-corrected chi connectivity index (χ2v) is 5.86. The van der Waals surface area contributed by atoms with Crippen molar-refractivity contribution in [3.8, 4) is 23.1 Å². The van der Waals surface area contributed by atoms with Gasteiger partial charge in [-0.2, -0.15) is 0 Å². The molecule has 0 bridgehead atoms. The predicted molar refractivity (Wildman–Crippen MR) is 98.8 cm³/mol. The summed E-state index contributed by atoms with van der Waals surface area (Å²) < 4.78 is 11.6. The van der Waals surface area contributed by atoms with Gasteiger partial charge in [-0.05, 0) is 31.2 Å². The lowest BCUT2D eigenvalue weighted by molar-refractivity contribution is 0.174. The van der Waals surface area contributed by atoms with E-state index in [1.807, 2.05) is 0 Å². The molecule has 0 unspecified atom stereocenters. The van der Waals surface area contributed by atoms with Crippen LogP contribution in [-0.2, 0) is 0 Å². The van der Waals surface area contributed by atoms with E-state index in [-0.39, 0.29) is 18.1 Å². The third-order valence-electron chi connectivity index (χ3n) is 4.12. The van der Waals surface area contributed by atoms with Crippen LogP contribution in [0.3, 0.4) is 0 Å². The molecular formula is C19H15N3O5. The molecule has 0 saturated carbocycles. The number of rotatable bonds is 3. The molecule has 4 rings (SSSR count). The molecule has 27 heavy (non-hydrogen) atoms. The van der Waals surface area contributed by atoms with Crippen LogP contribution in [0, 0.1) is 0 Å². The summed E-state index contributed by atoms with van der Waals surface area (Å²) in [7, 11) is 0. The van der Waals surface area contributed by atoms with Crippen molar-refractivity contribution < 1.29 is 14.6 Å². The third-order valence-corrected chi connectivity index (χ3v) is 4.12. The van der Waals surface area contributed by atoms with E-state index in [2.05, 4.69) is 9.98 Å². The minimum absolute atomic E-state index is 0.0869. The molecule has 0 aliphatic carbocycles. The molecule has 8 heteroatoms. The number of hydrogen-bond donors (Lipinski definition) is 2. The number of H-pyrrole nitrogens is 1. The summed E-state index contributed by atoms with van der Waals surface area (Å²) in [6.45, 7) is 1.72. The average molecular weight is 365 g/mol. The summed E-state index contributed by atoms with van der Waals surface area (Å²) in [5.74, 6) is 0.693. The van der Waals surface area contributed by atoms with Crippen LogP contribution < -0.4 is 20.7 Å². The highest BCUT2D eigenvalue weighted by Gasteiger charge is 2.18. The van der Waals surface area contributed by atoms with Crippen molar-refractivity contribution in [3.63, 3.8) is 0 Å². The fraction of sp³-hybridized carbons (Fsp3) is 0.105. The zero-order valence-corrected chi connectivity index (χ0v) is 14.3. The first kappa shape index (κ1) is 16.6. The number of aliphatic imine (C=N–C) groups is 1. The molecule has 2 heterocycles. The Bertz CT molecular complexity index is 1160. The molecule has 0 spiro atoms. The third kappa shape index (κ3) is 2.97. The zero-order chi connectivity index (χ0) is 19.0. The number of benzene rings is 2.